The predicted octanol–water partition coefficient (Wildman–Crippen LogP) is 2.42. The van der Waals surface area contributed by atoms with Gasteiger partial charge in [0.15, 0.2) is 0 Å². The van der Waals surface area contributed by atoms with Gasteiger partial charge < -0.3 is 5.73 Å². The van der Waals surface area contributed by atoms with Crippen LogP contribution in [0.1, 0.15) is 0 Å². The van der Waals surface area contributed by atoms with E-state index in [-0.39, 0.29) is 0 Å². The van der Waals surface area contributed by atoms with Gasteiger partial charge in [-0.1, -0.05) is 15.9 Å². The highest BCUT2D eigenvalue weighted by Gasteiger charge is 2.03. The second-order valence-corrected chi connectivity index (χ2v) is 3.63. The number of nitrogens with two attached hydrogens (primary N) is 1. The van der Waals surface area contributed by atoms with Crippen LogP contribution in [-0.2, 0) is 0 Å². The van der Waals surface area contributed by atoms with Crippen molar-refractivity contribution in [3.8, 4) is 11.1 Å². The number of H-pyrrole nitrogens is 1. The van der Waals surface area contributed by atoms with E-state index in [9.17, 15) is 0 Å². The Hall–Kier alpha value is -1.29. The standard InChI is InChI=1S/C9H8BrN3/c10-7-1-2-9(11)8(3-7)6-4-12-13-5-6/h1-5H,11H2,(H,12,13). The van der Waals surface area contributed by atoms with Gasteiger partial charge in [-0.2, -0.15) is 5.10 Å². The van der Waals surface area contributed by atoms with Crippen molar-refractivity contribution in [2.45, 2.75) is 0 Å². The molecule has 3 nitrogen and oxygen atoms in total. The molecule has 66 valence electrons. The van der Waals surface area contributed by atoms with Crippen LogP contribution in [0.25, 0.3) is 11.1 Å². The molecule has 0 fully saturated rings. The summed E-state index contributed by atoms with van der Waals surface area (Å²) in [6.45, 7) is 0. The van der Waals surface area contributed by atoms with Crippen LogP contribution in [0, 0.1) is 0 Å². The zero-order valence-corrected chi connectivity index (χ0v) is 8.38. The Morgan fingerprint density at radius 3 is 2.92 bits per heavy atom. The van der Waals surface area contributed by atoms with Crippen LogP contribution in [0.15, 0.2) is 35.1 Å². The fourth-order valence-electron chi connectivity index (χ4n) is 1.18. The highest BCUT2D eigenvalue weighted by molar-refractivity contribution is 9.10. The molecule has 0 atom stereocenters. The number of aromatic amines is 1. The monoisotopic (exact) mass is 237 g/mol. The Kier molecular flexibility index (Phi) is 2.06. The van der Waals surface area contributed by atoms with E-state index >= 15 is 0 Å². The zero-order chi connectivity index (χ0) is 9.26. The first kappa shape index (κ1) is 8.31. The van der Waals surface area contributed by atoms with Crippen LogP contribution in [0.4, 0.5) is 5.69 Å². The number of benzene rings is 1. The Morgan fingerprint density at radius 1 is 1.38 bits per heavy atom. The lowest BCUT2D eigenvalue weighted by Gasteiger charge is -2.02. The average Bonchev–Trinajstić information content (AvgIpc) is 2.61. The van der Waals surface area contributed by atoms with Crippen LogP contribution >= 0.6 is 15.9 Å². The summed E-state index contributed by atoms with van der Waals surface area (Å²) in [4.78, 5) is 0. The van der Waals surface area contributed by atoms with Gasteiger partial charge in [0.2, 0.25) is 0 Å². The highest BCUT2D eigenvalue weighted by atomic mass is 79.9. The SMILES string of the molecule is Nc1ccc(Br)cc1-c1cn[nH]c1. The van der Waals surface area contributed by atoms with E-state index in [0.29, 0.717) is 0 Å². The van der Waals surface area contributed by atoms with Crippen LogP contribution < -0.4 is 5.73 Å². The summed E-state index contributed by atoms with van der Waals surface area (Å²) in [5.74, 6) is 0. The molecule has 0 amide bonds. The number of nitrogens with zero attached hydrogens (tertiary/aromatic N) is 1. The molecule has 0 saturated heterocycles. The van der Waals surface area contributed by atoms with Gasteiger partial charge in [-0.05, 0) is 18.2 Å². The normalized spacial score (nSPS) is 10.2. The molecule has 1 aromatic carbocycles. The fraction of sp³-hybridized carbons (Fsp3) is 0. The Bertz CT molecular complexity index is 409. The molecule has 0 spiro atoms. The quantitative estimate of drug-likeness (QED) is 0.749. The topological polar surface area (TPSA) is 54.7 Å². The number of hydrogen-bond acceptors (Lipinski definition) is 2. The fourth-order valence-corrected chi connectivity index (χ4v) is 1.54. The van der Waals surface area contributed by atoms with E-state index in [4.69, 9.17) is 5.73 Å². The number of halogens is 1. The third kappa shape index (κ3) is 1.58. The van der Waals surface area contributed by atoms with Crippen molar-refractivity contribution >= 4 is 21.6 Å². The lowest BCUT2D eigenvalue weighted by Crippen LogP contribution is -1.88. The van der Waals surface area contributed by atoms with E-state index < -0.39 is 0 Å². The maximum atomic E-state index is 5.82. The van der Waals surface area contributed by atoms with Gasteiger partial charge in [0.05, 0.1) is 6.20 Å². The summed E-state index contributed by atoms with van der Waals surface area (Å²) in [5, 5.41) is 6.63. The van der Waals surface area contributed by atoms with E-state index in [0.717, 1.165) is 21.3 Å². The molecule has 4 heteroatoms. The Balaban J connectivity index is 2.57. The summed E-state index contributed by atoms with van der Waals surface area (Å²) < 4.78 is 1.01. The summed E-state index contributed by atoms with van der Waals surface area (Å²) >= 11 is 3.40. The van der Waals surface area contributed by atoms with Gasteiger partial charge in [0.1, 0.15) is 0 Å². The highest BCUT2D eigenvalue weighted by Crippen LogP contribution is 2.27. The van der Waals surface area contributed by atoms with Crippen molar-refractivity contribution in [1.82, 2.24) is 10.2 Å². The first-order chi connectivity index (χ1) is 6.27. The number of anilines is 1. The first-order valence-corrected chi connectivity index (χ1v) is 4.61. The largest absolute Gasteiger partial charge is 0.398 e. The van der Waals surface area contributed by atoms with Gasteiger partial charge >= 0.3 is 0 Å². The van der Waals surface area contributed by atoms with Gasteiger partial charge in [-0.15, -0.1) is 0 Å². The molecule has 0 aliphatic carbocycles. The smallest absolute Gasteiger partial charge is 0.0566 e. The zero-order valence-electron chi connectivity index (χ0n) is 6.79. The molecule has 0 bridgehead atoms. The summed E-state index contributed by atoms with van der Waals surface area (Å²) in [6.07, 6.45) is 3.57. The minimum atomic E-state index is 0.754. The number of rotatable bonds is 1. The van der Waals surface area contributed by atoms with Crippen molar-refractivity contribution < 1.29 is 0 Å². The summed E-state index contributed by atoms with van der Waals surface area (Å²) in [5.41, 5.74) is 8.56. The minimum absolute atomic E-state index is 0.754. The average molecular weight is 238 g/mol. The Morgan fingerprint density at radius 2 is 2.23 bits per heavy atom. The molecule has 0 radical (unpaired) electrons. The molecular weight excluding hydrogens is 230 g/mol. The maximum absolute atomic E-state index is 5.82. The van der Waals surface area contributed by atoms with Crippen molar-refractivity contribution in [3.05, 3.63) is 35.1 Å². The molecule has 2 rings (SSSR count). The van der Waals surface area contributed by atoms with Gasteiger partial charge in [-0.25, -0.2) is 0 Å². The second kappa shape index (κ2) is 3.22. The van der Waals surface area contributed by atoms with Crippen LogP contribution in [0.5, 0.6) is 0 Å². The van der Waals surface area contributed by atoms with Crippen molar-refractivity contribution in [1.29, 1.82) is 0 Å². The van der Waals surface area contributed by atoms with Gasteiger partial charge in [0, 0.05) is 27.5 Å². The van der Waals surface area contributed by atoms with E-state index in [2.05, 4.69) is 26.1 Å². The maximum Gasteiger partial charge on any atom is 0.0566 e. The molecular formula is C9H8BrN3. The molecule has 3 N–H and O–H groups in total. The molecule has 1 aromatic heterocycles. The third-order valence-corrected chi connectivity index (χ3v) is 2.32. The first-order valence-electron chi connectivity index (χ1n) is 3.81. The number of hydrogen-bond donors (Lipinski definition) is 2. The predicted molar refractivity (Wildman–Crippen MR) is 56.1 cm³/mol. The molecule has 0 aliphatic rings. The van der Waals surface area contributed by atoms with Gasteiger partial charge in [-0.3, -0.25) is 5.10 Å². The van der Waals surface area contributed by atoms with Crippen LogP contribution in [0.3, 0.4) is 0 Å². The van der Waals surface area contributed by atoms with Crippen molar-refractivity contribution in [2.75, 3.05) is 5.73 Å². The van der Waals surface area contributed by atoms with Crippen molar-refractivity contribution in [2.24, 2.45) is 0 Å². The second-order valence-electron chi connectivity index (χ2n) is 2.72. The summed E-state index contributed by atoms with van der Waals surface area (Å²) in [7, 11) is 0. The Labute approximate surface area is 84.1 Å². The van der Waals surface area contributed by atoms with E-state index in [1.165, 1.54) is 0 Å². The number of aromatic nitrogens is 2. The lowest BCUT2D eigenvalue weighted by atomic mass is 10.1. The van der Waals surface area contributed by atoms with E-state index in [1.54, 1.807) is 6.20 Å². The van der Waals surface area contributed by atoms with E-state index in [1.807, 2.05) is 24.4 Å². The van der Waals surface area contributed by atoms with Crippen LogP contribution in [-0.4, -0.2) is 10.2 Å². The molecule has 0 saturated carbocycles. The van der Waals surface area contributed by atoms with Crippen LogP contribution in [0.2, 0.25) is 0 Å². The molecule has 0 unspecified atom stereocenters. The molecule has 0 aliphatic heterocycles. The number of nitrogens with one attached hydrogen (secondary N) is 1. The molecule has 2 aromatic rings. The number of nitrogen functional groups attached to an aromatic ring is 1. The lowest BCUT2D eigenvalue weighted by molar-refractivity contribution is 1.09. The van der Waals surface area contributed by atoms with Crippen molar-refractivity contribution in [3.63, 3.8) is 0 Å². The minimum Gasteiger partial charge on any atom is -0.398 e. The summed E-state index contributed by atoms with van der Waals surface area (Å²) in [6, 6.07) is 5.76. The third-order valence-electron chi connectivity index (χ3n) is 1.82. The molecule has 13 heavy (non-hydrogen) atoms. The molecule has 1 heterocycles. The van der Waals surface area contributed by atoms with Gasteiger partial charge in [0.25, 0.3) is 0 Å².